The number of aromatic amines is 1. The number of hydrogen-bond donors (Lipinski definition) is 1. The number of carbonyl (C=O) groups is 1. The second-order valence-corrected chi connectivity index (χ2v) is 3.24. The van der Waals surface area contributed by atoms with Crippen LogP contribution in [0.3, 0.4) is 0 Å². The van der Waals surface area contributed by atoms with Crippen LogP contribution in [0.5, 0.6) is 0 Å². The number of H-pyrrole nitrogens is 1. The van der Waals surface area contributed by atoms with Crippen molar-refractivity contribution in [3.63, 3.8) is 0 Å². The van der Waals surface area contributed by atoms with Gasteiger partial charge in [0.25, 0.3) is 5.24 Å². The molecule has 0 amide bonds. The Bertz CT molecular complexity index is 361. The molecule has 0 atom stereocenters. The van der Waals surface area contributed by atoms with Gasteiger partial charge in [-0.2, -0.15) is 0 Å². The second kappa shape index (κ2) is 3.78. The van der Waals surface area contributed by atoms with E-state index in [0.717, 1.165) is 0 Å². The Balaban J connectivity index is 3.21. The van der Waals surface area contributed by atoms with Crippen molar-refractivity contribution in [2.75, 3.05) is 6.26 Å². The number of hydrogen-bond acceptors (Lipinski definition) is 3. The summed E-state index contributed by atoms with van der Waals surface area (Å²) in [7, 11) is 0. The Morgan fingerprint density at radius 1 is 1.67 bits per heavy atom. The van der Waals surface area contributed by atoms with Gasteiger partial charge in [-0.15, -0.1) is 11.8 Å². The van der Waals surface area contributed by atoms with Crippen LogP contribution in [-0.2, 0) is 0 Å². The molecule has 0 bridgehead atoms. The quantitative estimate of drug-likeness (QED) is 0.585. The molecule has 0 unspecified atom stereocenters. The summed E-state index contributed by atoms with van der Waals surface area (Å²) in [6, 6.07) is 1.35. The number of halogens is 1. The van der Waals surface area contributed by atoms with E-state index >= 15 is 0 Å². The lowest BCUT2D eigenvalue weighted by Gasteiger charge is -1.96. The first-order valence-corrected chi connectivity index (χ1v) is 4.72. The standard InChI is InChI=1S/C7H6ClNO2S/c1-12-6-2-5(10)4(3-9-6)7(8)11/h2-3H,1H3,(H,9,10). The zero-order valence-electron chi connectivity index (χ0n) is 6.26. The predicted octanol–water partition coefficient (Wildman–Crippen LogP) is 1.48. The summed E-state index contributed by atoms with van der Waals surface area (Å²) in [5, 5.41) is -0.0226. The fraction of sp³-hybridized carbons (Fsp3) is 0.143. The van der Waals surface area contributed by atoms with Crippen molar-refractivity contribution < 1.29 is 4.79 Å². The van der Waals surface area contributed by atoms with E-state index in [1.54, 1.807) is 0 Å². The Morgan fingerprint density at radius 3 is 2.75 bits per heavy atom. The maximum Gasteiger partial charge on any atom is 0.257 e. The molecule has 0 saturated carbocycles. The average molecular weight is 204 g/mol. The molecule has 0 radical (unpaired) electrons. The van der Waals surface area contributed by atoms with E-state index in [2.05, 4.69) is 4.98 Å². The van der Waals surface area contributed by atoms with Gasteiger partial charge in [0.1, 0.15) is 0 Å². The topological polar surface area (TPSA) is 49.9 Å². The molecule has 1 aromatic heterocycles. The first kappa shape index (κ1) is 9.35. The van der Waals surface area contributed by atoms with Crippen LogP contribution in [-0.4, -0.2) is 16.5 Å². The smallest absolute Gasteiger partial charge is 0.257 e. The third-order valence-electron chi connectivity index (χ3n) is 1.32. The molecule has 0 aliphatic carbocycles. The lowest BCUT2D eigenvalue weighted by molar-refractivity contribution is 0.108. The van der Waals surface area contributed by atoms with E-state index in [4.69, 9.17) is 11.6 Å². The fourth-order valence-electron chi connectivity index (χ4n) is 0.724. The largest absolute Gasteiger partial charge is 0.355 e. The Hall–Kier alpha value is -0.740. The number of thioether (sulfide) groups is 1. The molecule has 1 rings (SSSR count). The normalized spacial score (nSPS) is 9.83. The predicted molar refractivity (Wildman–Crippen MR) is 49.0 cm³/mol. The first-order chi connectivity index (χ1) is 5.65. The lowest BCUT2D eigenvalue weighted by Crippen LogP contribution is -2.10. The molecule has 0 saturated heterocycles. The van der Waals surface area contributed by atoms with Gasteiger partial charge in [-0.3, -0.25) is 9.59 Å². The van der Waals surface area contributed by atoms with Crippen molar-refractivity contribution in [2.24, 2.45) is 0 Å². The second-order valence-electron chi connectivity index (χ2n) is 2.05. The van der Waals surface area contributed by atoms with Gasteiger partial charge in [0.05, 0.1) is 10.6 Å². The monoisotopic (exact) mass is 203 g/mol. The summed E-state index contributed by atoms with van der Waals surface area (Å²) in [5.41, 5.74) is -0.368. The number of nitrogens with one attached hydrogen (secondary N) is 1. The van der Waals surface area contributed by atoms with Crippen molar-refractivity contribution in [3.05, 3.63) is 28.0 Å². The van der Waals surface area contributed by atoms with Gasteiger partial charge in [0.2, 0.25) is 0 Å². The van der Waals surface area contributed by atoms with Crippen molar-refractivity contribution in [3.8, 4) is 0 Å². The van der Waals surface area contributed by atoms with Crippen LogP contribution in [0.15, 0.2) is 22.1 Å². The summed E-state index contributed by atoms with van der Waals surface area (Å²) >= 11 is 6.53. The molecule has 0 spiro atoms. The molecule has 0 fully saturated rings. The minimum Gasteiger partial charge on any atom is -0.355 e. The zero-order valence-corrected chi connectivity index (χ0v) is 7.83. The summed E-state index contributed by atoms with van der Waals surface area (Å²) in [6.07, 6.45) is 3.15. The first-order valence-electron chi connectivity index (χ1n) is 3.11. The molecule has 0 aromatic carbocycles. The van der Waals surface area contributed by atoms with Crippen LogP contribution in [0.2, 0.25) is 0 Å². The molecular formula is C7H6ClNO2S. The highest BCUT2D eigenvalue weighted by Crippen LogP contribution is 2.08. The minimum absolute atomic E-state index is 0.0190. The van der Waals surface area contributed by atoms with Crippen LogP contribution < -0.4 is 5.43 Å². The van der Waals surface area contributed by atoms with Crippen molar-refractivity contribution in [2.45, 2.75) is 5.03 Å². The molecule has 3 nitrogen and oxygen atoms in total. The van der Waals surface area contributed by atoms with Gasteiger partial charge in [-0.05, 0) is 17.9 Å². The summed E-state index contributed by atoms with van der Waals surface area (Å²) in [5.74, 6) is 0. The third kappa shape index (κ3) is 1.89. The molecule has 1 aromatic rings. The van der Waals surface area contributed by atoms with E-state index in [9.17, 15) is 9.59 Å². The van der Waals surface area contributed by atoms with E-state index in [-0.39, 0.29) is 11.0 Å². The van der Waals surface area contributed by atoms with Crippen LogP contribution in [0.4, 0.5) is 0 Å². The maximum atomic E-state index is 11.1. The molecule has 12 heavy (non-hydrogen) atoms. The molecular weight excluding hydrogens is 198 g/mol. The van der Waals surface area contributed by atoms with E-state index in [1.807, 2.05) is 6.26 Å². The number of pyridine rings is 1. The SMILES string of the molecule is CSc1cc(=O)c(C(=O)Cl)c[nH]1. The van der Waals surface area contributed by atoms with E-state index in [1.165, 1.54) is 24.0 Å². The van der Waals surface area contributed by atoms with Crippen molar-refractivity contribution in [1.82, 2.24) is 4.98 Å². The number of rotatable bonds is 2. The number of carbonyl (C=O) groups excluding carboxylic acids is 1. The van der Waals surface area contributed by atoms with Crippen LogP contribution >= 0.6 is 23.4 Å². The highest BCUT2D eigenvalue weighted by molar-refractivity contribution is 7.98. The van der Waals surface area contributed by atoms with Crippen molar-refractivity contribution >= 4 is 28.6 Å². The molecule has 5 heteroatoms. The van der Waals surface area contributed by atoms with Gasteiger partial charge < -0.3 is 4.98 Å². The van der Waals surface area contributed by atoms with Gasteiger partial charge in [-0.25, -0.2) is 0 Å². The van der Waals surface area contributed by atoms with Crippen molar-refractivity contribution in [1.29, 1.82) is 0 Å². The summed E-state index contributed by atoms with van der Waals surface area (Å²) < 4.78 is 0. The molecule has 64 valence electrons. The average Bonchev–Trinajstić information content (AvgIpc) is 2.03. The summed E-state index contributed by atoms with van der Waals surface area (Å²) in [6.45, 7) is 0. The molecule has 0 aliphatic heterocycles. The Kier molecular flexibility index (Phi) is 2.94. The Morgan fingerprint density at radius 2 is 2.33 bits per heavy atom. The van der Waals surface area contributed by atoms with Crippen LogP contribution in [0, 0.1) is 0 Å². The lowest BCUT2D eigenvalue weighted by atomic mass is 10.3. The minimum atomic E-state index is -0.732. The van der Waals surface area contributed by atoms with Gasteiger partial charge in [0, 0.05) is 12.3 Å². The molecule has 1 N–H and O–H groups in total. The Labute approximate surface area is 78.1 Å². The fourth-order valence-corrected chi connectivity index (χ4v) is 1.27. The van der Waals surface area contributed by atoms with E-state index in [0.29, 0.717) is 5.03 Å². The van der Waals surface area contributed by atoms with Crippen LogP contribution in [0.25, 0.3) is 0 Å². The molecule has 1 heterocycles. The number of aromatic nitrogens is 1. The summed E-state index contributed by atoms with van der Waals surface area (Å²) in [4.78, 5) is 24.5. The van der Waals surface area contributed by atoms with E-state index < -0.39 is 5.24 Å². The third-order valence-corrected chi connectivity index (χ3v) is 2.20. The van der Waals surface area contributed by atoms with Gasteiger partial charge >= 0.3 is 0 Å². The van der Waals surface area contributed by atoms with Crippen LogP contribution in [0.1, 0.15) is 10.4 Å². The van der Waals surface area contributed by atoms with Gasteiger partial charge in [0.15, 0.2) is 5.43 Å². The highest BCUT2D eigenvalue weighted by atomic mass is 35.5. The van der Waals surface area contributed by atoms with Gasteiger partial charge in [-0.1, -0.05) is 0 Å². The zero-order chi connectivity index (χ0) is 9.14. The highest BCUT2D eigenvalue weighted by Gasteiger charge is 2.06. The molecule has 0 aliphatic rings. The maximum absolute atomic E-state index is 11.1.